The van der Waals surface area contributed by atoms with E-state index in [9.17, 15) is 4.79 Å². The van der Waals surface area contributed by atoms with Crippen LogP contribution in [0.2, 0.25) is 0 Å². The first-order valence-electron chi connectivity index (χ1n) is 6.47. The Labute approximate surface area is 108 Å². The fourth-order valence-corrected chi connectivity index (χ4v) is 2.41. The van der Waals surface area contributed by atoms with E-state index in [1.807, 2.05) is 19.9 Å². The third-order valence-corrected chi connectivity index (χ3v) is 4.08. The summed E-state index contributed by atoms with van der Waals surface area (Å²) >= 11 is 0. The van der Waals surface area contributed by atoms with Gasteiger partial charge in [0, 0.05) is 24.0 Å². The van der Waals surface area contributed by atoms with Crippen LogP contribution >= 0.6 is 0 Å². The van der Waals surface area contributed by atoms with Gasteiger partial charge in [-0.1, -0.05) is 13.8 Å². The predicted molar refractivity (Wildman–Crippen MR) is 70.3 cm³/mol. The Kier molecular flexibility index (Phi) is 3.19. The molecule has 2 unspecified atom stereocenters. The Morgan fingerprint density at radius 2 is 2.33 bits per heavy atom. The normalized spacial score (nSPS) is 25.6. The Bertz CT molecular complexity index is 464. The van der Waals surface area contributed by atoms with Crippen molar-refractivity contribution in [3.8, 4) is 0 Å². The van der Waals surface area contributed by atoms with Crippen LogP contribution in [0.4, 0.5) is 0 Å². The molecule has 18 heavy (non-hydrogen) atoms. The van der Waals surface area contributed by atoms with Crippen molar-refractivity contribution in [1.82, 2.24) is 15.1 Å². The number of carbonyl (C=O) groups excluding carboxylic acids is 1. The Balaban J connectivity index is 2.09. The molecule has 2 atom stereocenters. The van der Waals surface area contributed by atoms with Crippen molar-refractivity contribution in [1.29, 1.82) is 0 Å². The predicted octanol–water partition coefficient (Wildman–Crippen LogP) is 1.07. The summed E-state index contributed by atoms with van der Waals surface area (Å²) < 4.78 is 1.73. The molecule has 1 saturated carbocycles. The lowest BCUT2D eigenvalue weighted by Gasteiger charge is -2.50. The molecule has 100 valence electrons. The minimum absolute atomic E-state index is 0.0260. The van der Waals surface area contributed by atoms with Gasteiger partial charge in [0.15, 0.2) is 0 Å². The first-order valence-corrected chi connectivity index (χ1v) is 6.47. The second-order valence-corrected chi connectivity index (χ2v) is 5.68. The van der Waals surface area contributed by atoms with Crippen molar-refractivity contribution in [3.63, 3.8) is 0 Å². The molecule has 0 radical (unpaired) electrons. The first kappa shape index (κ1) is 13.1. The number of nitrogens with zero attached hydrogens (tertiary/aromatic N) is 2. The van der Waals surface area contributed by atoms with Gasteiger partial charge in [0.1, 0.15) is 5.69 Å². The summed E-state index contributed by atoms with van der Waals surface area (Å²) in [6, 6.07) is 2.14. The molecule has 1 fully saturated rings. The molecule has 3 N–H and O–H groups in total. The van der Waals surface area contributed by atoms with Crippen LogP contribution in [0.15, 0.2) is 6.07 Å². The fraction of sp³-hybridized carbons (Fsp3) is 0.692. The van der Waals surface area contributed by atoms with Crippen molar-refractivity contribution in [2.45, 2.75) is 52.7 Å². The molecule has 0 spiro atoms. The number of aromatic nitrogens is 2. The molecule has 1 aromatic rings. The summed E-state index contributed by atoms with van der Waals surface area (Å²) in [4.78, 5) is 12.2. The highest BCUT2D eigenvalue weighted by atomic mass is 16.2. The zero-order valence-electron chi connectivity index (χ0n) is 11.5. The van der Waals surface area contributed by atoms with E-state index in [0.29, 0.717) is 12.2 Å². The number of rotatable bonds is 3. The maximum absolute atomic E-state index is 12.2. The van der Waals surface area contributed by atoms with E-state index in [0.717, 1.165) is 12.1 Å². The zero-order valence-corrected chi connectivity index (χ0v) is 11.5. The molecule has 0 bridgehead atoms. The van der Waals surface area contributed by atoms with Crippen molar-refractivity contribution in [3.05, 3.63) is 17.5 Å². The van der Waals surface area contributed by atoms with E-state index in [1.165, 1.54) is 0 Å². The number of hydrogen-bond acceptors (Lipinski definition) is 3. The second-order valence-electron chi connectivity index (χ2n) is 5.68. The first-order chi connectivity index (χ1) is 8.36. The molecule has 5 nitrogen and oxygen atoms in total. The summed E-state index contributed by atoms with van der Waals surface area (Å²) in [6.45, 7) is 8.76. The van der Waals surface area contributed by atoms with Crippen LogP contribution in [0.1, 0.15) is 43.4 Å². The molecule has 0 saturated heterocycles. The van der Waals surface area contributed by atoms with Gasteiger partial charge >= 0.3 is 0 Å². The standard InChI is InChI=1S/C13H22N4O/c1-5-17-9(6-8(2)16-17)12(18)15-11-7-10(14)13(11,3)4/h6,10-11H,5,7,14H2,1-4H3,(H,15,18). The monoisotopic (exact) mass is 250 g/mol. The van der Waals surface area contributed by atoms with E-state index in [4.69, 9.17) is 5.73 Å². The number of aryl methyl sites for hydroxylation is 2. The maximum atomic E-state index is 12.2. The number of hydrogen-bond donors (Lipinski definition) is 2. The topological polar surface area (TPSA) is 72.9 Å². The minimum Gasteiger partial charge on any atom is -0.347 e. The van der Waals surface area contributed by atoms with Crippen molar-refractivity contribution < 1.29 is 4.79 Å². The highest BCUT2D eigenvalue weighted by molar-refractivity contribution is 5.93. The molecule has 0 aliphatic heterocycles. The average molecular weight is 250 g/mol. The van der Waals surface area contributed by atoms with Crippen LogP contribution in [-0.4, -0.2) is 27.8 Å². The quantitative estimate of drug-likeness (QED) is 0.842. The highest BCUT2D eigenvalue weighted by Crippen LogP contribution is 2.39. The van der Waals surface area contributed by atoms with Gasteiger partial charge in [0.25, 0.3) is 5.91 Å². The lowest BCUT2D eigenvalue weighted by atomic mass is 9.63. The van der Waals surface area contributed by atoms with E-state index >= 15 is 0 Å². The van der Waals surface area contributed by atoms with Gasteiger partial charge in [-0.2, -0.15) is 5.10 Å². The summed E-state index contributed by atoms with van der Waals surface area (Å²) in [7, 11) is 0. The second kappa shape index (κ2) is 4.39. The average Bonchev–Trinajstić information content (AvgIpc) is 2.70. The number of carbonyl (C=O) groups is 1. The fourth-order valence-electron chi connectivity index (χ4n) is 2.41. The van der Waals surface area contributed by atoms with E-state index in [2.05, 4.69) is 24.3 Å². The molecular formula is C13H22N4O. The smallest absolute Gasteiger partial charge is 0.269 e. The maximum Gasteiger partial charge on any atom is 0.269 e. The summed E-state index contributed by atoms with van der Waals surface area (Å²) in [5.41, 5.74) is 7.42. The van der Waals surface area contributed by atoms with Crippen molar-refractivity contribution in [2.75, 3.05) is 0 Å². The third kappa shape index (κ3) is 2.03. The van der Waals surface area contributed by atoms with Crippen LogP contribution in [0.5, 0.6) is 0 Å². The highest BCUT2D eigenvalue weighted by Gasteiger charge is 2.46. The van der Waals surface area contributed by atoms with Crippen LogP contribution in [0.25, 0.3) is 0 Å². The lowest BCUT2D eigenvalue weighted by molar-refractivity contribution is 0.0579. The molecule has 1 amide bonds. The zero-order chi connectivity index (χ0) is 13.5. The summed E-state index contributed by atoms with van der Waals surface area (Å²) in [6.07, 6.45) is 0.845. The number of nitrogens with one attached hydrogen (secondary N) is 1. The Morgan fingerprint density at radius 1 is 1.67 bits per heavy atom. The van der Waals surface area contributed by atoms with Crippen LogP contribution in [-0.2, 0) is 6.54 Å². The van der Waals surface area contributed by atoms with Crippen LogP contribution in [0.3, 0.4) is 0 Å². The molecule has 1 aromatic heterocycles. The molecule has 2 rings (SSSR count). The molecule has 0 aromatic carbocycles. The third-order valence-electron chi connectivity index (χ3n) is 4.08. The Morgan fingerprint density at radius 3 is 2.83 bits per heavy atom. The summed E-state index contributed by atoms with van der Waals surface area (Å²) in [5, 5.41) is 7.35. The van der Waals surface area contributed by atoms with Gasteiger partial charge in [-0.05, 0) is 26.3 Å². The number of amides is 1. The minimum atomic E-state index is -0.0533. The van der Waals surface area contributed by atoms with E-state index in [1.54, 1.807) is 4.68 Å². The largest absolute Gasteiger partial charge is 0.347 e. The molecule has 1 aliphatic carbocycles. The summed E-state index contributed by atoms with van der Waals surface area (Å²) in [5.74, 6) is -0.0533. The van der Waals surface area contributed by atoms with Crippen molar-refractivity contribution in [2.24, 2.45) is 11.1 Å². The van der Waals surface area contributed by atoms with Gasteiger partial charge in [-0.25, -0.2) is 0 Å². The van der Waals surface area contributed by atoms with E-state index in [-0.39, 0.29) is 23.4 Å². The van der Waals surface area contributed by atoms with Crippen LogP contribution < -0.4 is 11.1 Å². The molecular weight excluding hydrogens is 228 g/mol. The van der Waals surface area contributed by atoms with Gasteiger partial charge < -0.3 is 11.1 Å². The van der Waals surface area contributed by atoms with Crippen LogP contribution in [0, 0.1) is 12.3 Å². The van der Waals surface area contributed by atoms with E-state index < -0.39 is 0 Å². The van der Waals surface area contributed by atoms with Gasteiger partial charge in [0.2, 0.25) is 0 Å². The molecule has 5 heteroatoms. The molecule has 1 heterocycles. The van der Waals surface area contributed by atoms with Gasteiger partial charge in [0.05, 0.1) is 5.69 Å². The Hall–Kier alpha value is -1.36. The lowest BCUT2D eigenvalue weighted by Crippen LogP contribution is -2.64. The molecule has 1 aliphatic rings. The van der Waals surface area contributed by atoms with Gasteiger partial charge in [-0.15, -0.1) is 0 Å². The van der Waals surface area contributed by atoms with Gasteiger partial charge in [-0.3, -0.25) is 9.48 Å². The SMILES string of the molecule is CCn1nc(C)cc1C(=O)NC1CC(N)C1(C)C. The number of nitrogens with two attached hydrogens (primary N) is 1. The van der Waals surface area contributed by atoms with Crippen molar-refractivity contribution >= 4 is 5.91 Å².